The number of amides is 1. The number of nitrogens with one attached hydrogen (secondary N) is 2. The van der Waals surface area contributed by atoms with Gasteiger partial charge in [0.15, 0.2) is 5.16 Å². The molecule has 0 spiro atoms. The lowest BCUT2D eigenvalue weighted by molar-refractivity contribution is -0.113. The molecule has 1 aromatic heterocycles. The quantitative estimate of drug-likeness (QED) is 0.452. The van der Waals surface area contributed by atoms with E-state index in [1.807, 2.05) is 6.92 Å². The molecular weight excluding hydrogens is 330 g/mol. The molecule has 2 rings (SSSR count). The summed E-state index contributed by atoms with van der Waals surface area (Å²) in [6.07, 6.45) is 2.09. The standard InChI is InChI=1S/C16H17N3O4S/c1-2-9-23-15(22)11-5-3-4-6-12(11)18-14(21)10-24-16-17-8-7-13(20)19-16/h3-8H,2,9-10H2,1H3,(H,18,21)(H,17,19,20). The van der Waals surface area contributed by atoms with Crippen molar-refractivity contribution in [2.75, 3.05) is 17.7 Å². The largest absolute Gasteiger partial charge is 0.462 e. The number of carbonyl (C=O) groups is 2. The van der Waals surface area contributed by atoms with Crippen molar-refractivity contribution in [3.63, 3.8) is 0 Å². The van der Waals surface area contributed by atoms with Crippen molar-refractivity contribution in [1.29, 1.82) is 0 Å². The molecular formula is C16H17N3O4S. The summed E-state index contributed by atoms with van der Waals surface area (Å²) in [5.74, 6) is -0.748. The molecule has 0 bridgehead atoms. The van der Waals surface area contributed by atoms with Crippen LogP contribution >= 0.6 is 11.8 Å². The van der Waals surface area contributed by atoms with Gasteiger partial charge in [-0.1, -0.05) is 30.8 Å². The van der Waals surface area contributed by atoms with Gasteiger partial charge in [0, 0.05) is 12.3 Å². The fraction of sp³-hybridized carbons (Fsp3) is 0.250. The van der Waals surface area contributed by atoms with E-state index in [4.69, 9.17) is 4.74 Å². The maximum Gasteiger partial charge on any atom is 0.340 e. The number of esters is 1. The number of rotatable bonds is 7. The molecule has 1 aromatic carbocycles. The molecule has 0 atom stereocenters. The third kappa shape index (κ3) is 5.24. The van der Waals surface area contributed by atoms with Crippen LogP contribution in [0.1, 0.15) is 23.7 Å². The predicted molar refractivity (Wildman–Crippen MR) is 91.2 cm³/mol. The van der Waals surface area contributed by atoms with Gasteiger partial charge in [-0.2, -0.15) is 0 Å². The van der Waals surface area contributed by atoms with Crippen molar-refractivity contribution in [1.82, 2.24) is 9.97 Å². The molecule has 0 saturated heterocycles. The van der Waals surface area contributed by atoms with Gasteiger partial charge in [0.1, 0.15) is 0 Å². The highest BCUT2D eigenvalue weighted by molar-refractivity contribution is 7.99. The molecule has 0 aliphatic heterocycles. The Bertz CT molecular complexity index is 776. The van der Waals surface area contributed by atoms with E-state index in [-0.39, 0.29) is 17.2 Å². The van der Waals surface area contributed by atoms with Crippen molar-refractivity contribution in [2.45, 2.75) is 18.5 Å². The van der Waals surface area contributed by atoms with Crippen LogP contribution in [0.25, 0.3) is 0 Å². The zero-order chi connectivity index (χ0) is 17.4. The molecule has 2 N–H and O–H groups in total. The average Bonchev–Trinajstić information content (AvgIpc) is 2.58. The summed E-state index contributed by atoms with van der Waals surface area (Å²) in [6.45, 7) is 2.23. The minimum atomic E-state index is -0.477. The van der Waals surface area contributed by atoms with E-state index in [1.54, 1.807) is 24.3 Å². The molecule has 0 radical (unpaired) electrons. The Morgan fingerprint density at radius 3 is 2.83 bits per heavy atom. The number of anilines is 1. The molecule has 0 fully saturated rings. The minimum absolute atomic E-state index is 0.0469. The molecule has 7 nitrogen and oxygen atoms in total. The first-order valence-electron chi connectivity index (χ1n) is 7.34. The predicted octanol–water partition coefficient (Wildman–Crippen LogP) is 2.07. The summed E-state index contributed by atoms with van der Waals surface area (Å²) < 4.78 is 5.10. The Morgan fingerprint density at radius 2 is 2.08 bits per heavy atom. The number of nitrogens with zero attached hydrogens (tertiary/aromatic N) is 1. The van der Waals surface area contributed by atoms with Gasteiger partial charge in [-0.25, -0.2) is 9.78 Å². The molecule has 126 valence electrons. The van der Waals surface area contributed by atoms with E-state index in [1.165, 1.54) is 12.3 Å². The summed E-state index contributed by atoms with van der Waals surface area (Å²) in [4.78, 5) is 41.7. The van der Waals surface area contributed by atoms with Crippen molar-refractivity contribution in [3.05, 3.63) is 52.4 Å². The number of para-hydroxylation sites is 1. The maximum absolute atomic E-state index is 12.1. The van der Waals surface area contributed by atoms with Gasteiger partial charge < -0.3 is 15.0 Å². The van der Waals surface area contributed by atoms with Crippen LogP contribution in [0.15, 0.2) is 46.5 Å². The van der Waals surface area contributed by atoms with Crippen molar-refractivity contribution in [3.8, 4) is 0 Å². The number of hydrogen-bond donors (Lipinski definition) is 2. The topological polar surface area (TPSA) is 101 Å². The SMILES string of the molecule is CCCOC(=O)c1ccccc1NC(=O)CSc1nccc(=O)[nH]1. The number of aromatic amines is 1. The molecule has 8 heteroatoms. The van der Waals surface area contributed by atoms with Gasteiger partial charge in [-0.3, -0.25) is 9.59 Å². The fourth-order valence-electron chi connectivity index (χ4n) is 1.79. The second kappa shape index (κ2) is 8.88. The molecule has 0 saturated carbocycles. The van der Waals surface area contributed by atoms with Crippen LogP contribution in [0.5, 0.6) is 0 Å². The van der Waals surface area contributed by atoms with Gasteiger partial charge in [-0.05, 0) is 18.6 Å². The lowest BCUT2D eigenvalue weighted by Gasteiger charge is -2.10. The van der Waals surface area contributed by atoms with Crippen LogP contribution in [0, 0.1) is 0 Å². The highest BCUT2D eigenvalue weighted by atomic mass is 32.2. The molecule has 0 aliphatic carbocycles. The average molecular weight is 347 g/mol. The Morgan fingerprint density at radius 1 is 1.29 bits per heavy atom. The zero-order valence-electron chi connectivity index (χ0n) is 13.1. The van der Waals surface area contributed by atoms with E-state index in [0.717, 1.165) is 18.2 Å². The summed E-state index contributed by atoms with van der Waals surface area (Å²) >= 11 is 1.10. The van der Waals surface area contributed by atoms with E-state index < -0.39 is 5.97 Å². The summed E-state index contributed by atoms with van der Waals surface area (Å²) in [7, 11) is 0. The Kier molecular flexibility index (Phi) is 6.56. The number of carbonyl (C=O) groups excluding carboxylic acids is 2. The molecule has 1 heterocycles. The van der Waals surface area contributed by atoms with Crippen LogP contribution in [0.4, 0.5) is 5.69 Å². The normalized spacial score (nSPS) is 10.2. The fourth-order valence-corrected chi connectivity index (χ4v) is 2.44. The van der Waals surface area contributed by atoms with Crippen LogP contribution < -0.4 is 10.9 Å². The zero-order valence-corrected chi connectivity index (χ0v) is 13.9. The van der Waals surface area contributed by atoms with Gasteiger partial charge in [0.25, 0.3) is 5.56 Å². The van der Waals surface area contributed by atoms with E-state index in [9.17, 15) is 14.4 Å². The lowest BCUT2D eigenvalue weighted by Crippen LogP contribution is -2.18. The third-order valence-electron chi connectivity index (χ3n) is 2.85. The van der Waals surface area contributed by atoms with E-state index in [2.05, 4.69) is 15.3 Å². The van der Waals surface area contributed by atoms with Crippen LogP contribution in [0.3, 0.4) is 0 Å². The number of benzene rings is 1. The first-order chi connectivity index (χ1) is 11.6. The van der Waals surface area contributed by atoms with Gasteiger partial charge in [0.2, 0.25) is 5.91 Å². The maximum atomic E-state index is 12.1. The minimum Gasteiger partial charge on any atom is -0.462 e. The van der Waals surface area contributed by atoms with E-state index in [0.29, 0.717) is 23.0 Å². The van der Waals surface area contributed by atoms with Crippen molar-refractivity contribution >= 4 is 29.3 Å². The first kappa shape index (κ1) is 17.7. The molecule has 0 unspecified atom stereocenters. The molecule has 0 aliphatic rings. The third-order valence-corrected chi connectivity index (χ3v) is 3.73. The molecule has 2 aromatic rings. The van der Waals surface area contributed by atoms with Crippen molar-refractivity contribution < 1.29 is 14.3 Å². The second-order valence-corrected chi connectivity index (χ2v) is 5.72. The van der Waals surface area contributed by atoms with Gasteiger partial charge in [-0.15, -0.1) is 0 Å². The monoisotopic (exact) mass is 347 g/mol. The van der Waals surface area contributed by atoms with Crippen LogP contribution in [0.2, 0.25) is 0 Å². The summed E-state index contributed by atoms with van der Waals surface area (Å²) in [5.41, 5.74) is 0.409. The number of ether oxygens (including phenoxy) is 1. The van der Waals surface area contributed by atoms with Gasteiger partial charge >= 0.3 is 5.97 Å². The van der Waals surface area contributed by atoms with Crippen LogP contribution in [-0.2, 0) is 9.53 Å². The molecule has 24 heavy (non-hydrogen) atoms. The highest BCUT2D eigenvalue weighted by Gasteiger charge is 2.14. The summed E-state index contributed by atoms with van der Waals surface area (Å²) in [5, 5.41) is 3.03. The van der Waals surface area contributed by atoms with E-state index >= 15 is 0 Å². The summed E-state index contributed by atoms with van der Waals surface area (Å²) in [6, 6.07) is 7.94. The number of aromatic nitrogens is 2. The lowest BCUT2D eigenvalue weighted by atomic mass is 10.2. The Labute approximate surface area is 142 Å². The number of hydrogen-bond acceptors (Lipinski definition) is 6. The Balaban J connectivity index is 1.98. The number of H-pyrrole nitrogens is 1. The Hall–Kier alpha value is -2.61. The first-order valence-corrected chi connectivity index (χ1v) is 8.33. The number of thioether (sulfide) groups is 1. The van der Waals surface area contributed by atoms with Crippen molar-refractivity contribution in [2.24, 2.45) is 0 Å². The smallest absolute Gasteiger partial charge is 0.340 e. The van der Waals surface area contributed by atoms with Gasteiger partial charge in [0.05, 0.1) is 23.6 Å². The highest BCUT2D eigenvalue weighted by Crippen LogP contribution is 2.17. The van der Waals surface area contributed by atoms with Crippen LogP contribution in [-0.4, -0.2) is 34.2 Å². The molecule has 1 amide bonds. The second-order valence-electron chi connectivity index (χ2n) is 4.76.